The van der Waals surface area contributed by atoms with Gasteiger partial charge in [0.1, 0.15) is 5.75 Å². The van der Waals surface area contributed by atoms with Gasteiger partial charge in [0, 0.05) is 5.92 Å². The van der Waals surface area contributed by atoms with Crippen LogP contribution >= 0.6 is 0 Å². The summed E-state index contributed by atoms with van der Waals surface area (Å²) < 4.78 is 5.65. The van der Waals surface area contributed by atoms with Crippen LogP contribution in [0.5, 0.6) is 5.75 Å². The maximum absolute atomic E-state index is 12.4. The number of rotatable bonds is 6. The average Bonchev–Trinajstić information content (AvgIpc) is 3.13. The number of carbonyl (C=O) groups is 2. The van der Waals surface area contributed by atoms with Crippen LogP contribution in [0.1, 0.15) is 50.9 Å². The van der Waals surface area contributed by atoms with Crippen molar-refractivity contribution in [2.75, 3.05) is 5.32 Å². The highest BCUT2D eigenvalue weighted by Crippen LogP contribution is 2.55. The lowest BCUT2D eigenvalue weighted by Gasteiger charge is -2.16. The van der Waals surface area contributed by atoms with Crippen molar-refractivity contribution in [3.8, 4) is 5.75 Å². The third-order valence-corrected chi connectivity index (χ3v) is 4.32. The fourth-order valence-corrected chi connectivity index (χ4v) is 2.54. The van der Waals surface area contributed by atoms with E-state index in [0.29, 0.717) is 11.4 Å². The summed E-state index contributed by atoms with van der Waals surface area (Å²) in [5.74, 6) is -0.623. The van der Waals surface area contributed by atoms with Gasteiger partial charge >= 0.3 is 5.97 Å². The molecule has 1 aromatic carbocycles. The van der Waals surface area contributed by atoms with E-state index in [4.69, 9.17) is 9.84 Å². The van der Waals surface area contributed by atoms with E-state index in [1.54, 1.807) is 6.07 Å². The van der Waals surface area contributed by atoms with E-state index in [9.17, 15) is 9.59 Å². The van der Waals surface area contributed by atoms with Crippen molar-refractivity contribution in [2.24, 2.45) is 11.3 Å². The van der Waals surface area contributed by atoms with Gasteiger partial charge in [-0.3, -0.25) is 4.79 Å². The molecule has 0 aromatic heterocycles. The molecule has 5 heteroatoms. The zero-order valence-electron chi connectivity index (χ0n) is 13.5. The maximum Gasteiger partial charge on any atom is 0.335 e. The van der Waals surface area contributed by atoms with Crippen LogP contribution in [-0.2, 0) is 4.79 Å². The smallest absolute Gasteiger partial charge is 0.335 e. The van der Waals surface area contributed by atoms with Crippen LogP contribution in [0.3, 0.4) is 0 Å². The van der Waals surface area contributed by atoms with E-state index >= 15 is 0 Å². The third kappa shape index (κ3) is 3.40. The van der Waals surface area contributed by atoms with Crippen molar-refractivity contribution in [1.82, 2.24) is 0 Å². The molecule has 0 spiro atoms. The Kier molecular flexibility index (Phi) is 4.44. The van der Waals surface area contributed by atoms with Gasteiger partial charge in [0.05, 0.1) is 17.4 Å². The Morgan fingerprint density at radius 2 is 2.14 bits per heavy atom. The number of benzene rings is 1. The maximum atomic E-state index is 12.4. The highest BCUT2D eigenvalue weighted by atomic mass is 16.5. The predicted octanol–water partition coefficient (Wildman–Crippen LogP) is 3.55. The number of carboxylic acid groups (broad SMARTS) is 1. The van der Waals surface area contributed by atoms with Gasteiger partial charge in [-0.05, 0) is 50.3 Å². The van der Waals surface area contributed by atoms with Crippen LogP contribution in [-0.4, -0.2) is 23.1 Å². The monoisotopic (exact) mass is 305 g/mol. The van der Waals surface area contributed by atoms with Gasteiger partial charge < -0.3 is 15.2 Å². The van der Waals surface area contributed by atoms with E-state index in [0.717, 1.165) is 12.8 Å². The van der Waals surface area contributed by atoms with Crippen molar-refractivity contribution in [2.45, 2.75) is 46.6 Å². The molecule has 2 atom stereocenters. The van der Waals surface area contributed by atoms with Gasteiger partial charge in [-0.2, -0.15) is 0 Å². The molecule has 1 aliphatic rings. The molecule has 1 amide bonds. The Balaban J connectivity index is 2.21. The normalized spacial score (nSPS) is 23.2. The van der Waals surface area contributed by atoms with Crippen LogP contribution in [0, 0.1) is 11.3 Å². The molecule has 0 saturated heterocycles. The molecule has 22 heavy (non-hydrogen) atoms. The first-order valence-electron chi connectivity index (χ1n) is 7.61. The molecule has 1 aliphatic carbocycles. The number of aromatic carboxylic acids is 1. The van der Waals surface area contributed by atoms with Crippen molar-refractivity contribution in [1.29, 1.82) is 0 Å². The molecule has 120 valence electrons. The number of hydrogen-bond acceptors (Lipinski definition) is 3. The number of carboxylic acids is 1. The molecule has 0 heterocycles. The van der Waals surface area contributed by atoms with Crippen molar-refractivity contribution in [3.05, 3.63) is 23.8 Å². The fourth-order valence-electron chi connectivity index (χ4n) is 2.54. The van der Waals surface area contributed by atoms with Crippen LogP contribution in [0.4, 0.5) is 5.69 Å². The van der Waals surface area contributed by atoms with Gasteiger partial charge in [0.25, 0.3) is 0 Å². The Bertz CT molecular complexity index is 596. The number of nitrogens with one attached hydrogen (secondary N) is 1. The number of hydrogen-bond donors (Lipinski definition) is 2. The van der Waals surface area contributed by atoms with E-state index < -0.39 is 5.97 Å². The number of amides is 1. The second-order valence-corrected chi connectivity index (χ2v) is 6.44. The summed E-state index contributed by atoms with van der Waals surface area (Å²) in [5.41, 5.74) is 0.609. The summed E-state index contributed by atoms with van der Waals surface area (Å²) in [6, 6.07) is 4.51. The molecular weight excluding hydrogens is 282 g/mol. The molecule has 1 fully saturated rings. The number of anilines is 1. The first-order chi connectivity index (χ1) is 10.3. The Labute approximate surface area is 130 Å². The van der Waals surface area contributed by atoms with E-state index in [-0.39, 0.29) is 28.9 Å². The van der Waals surface area contributed by atoms with Gasteiger partial charge in [-0.1, -0.05) is 13.8 Å². The minimum absolute atomic E-state index is 0.0158. The van der Waals surface area contributed by atoms with Gasteiger partial charge in [0.15, 0.2) is 0 Å². The van der Waals surface area contributed by atoms with Crippen molar-refractivity contribution >= 4 is 17.6 Å². The SMILES string of the molecule is CCC1(C)CC1C(=O)Nc1cc(C(=O)O)ccc1OC(C)C. The molecule has 1 aromatic rings. The van der Waals surface area contributed by atoms with Gasteiger partial charge in [0.2, 0.25) is 5.91 Å². The third-order valence-electron chi connectivity index (χ3n) is 4.32. The van der Waals surface area contributed by atoms with E-state index in [1.165, 1.54) is 12.1 Å². The van der Waals surface area contributed by atoms with Crippen LogP contribution in [0.2, 0.25) is 0 Å². The first-order valence-corrected chi connectivity index (χ1v) is 7.61. The average molecular weight is 305 g/mol. The summed E-state index contributed by atoms with van der Waals surface area (Å²) in [5, 5.41) is 11.9. The lowest BCUT2D eigenvalue weighted by molar-refractivity contribution is -0.118. The zero-order valence-corrected chi connectivity index (χ0v) is 13.5. The van der Waals surface area contributed by atoms with E-state index in [1.807, 2.05) is 13.8 Å². The summed E-state index contributed by atoms with van der Waals surface area (Å²) in [6.45, 7) is 7.93. The highest BCUT2D eigenvalue weighted by Gasteiger charge is 2.52. The topological polar surface area (TPSA) is 75.6 Å². The number of ether oxygens (including phenoxy) is 1. The lowest BCUT2D eigenvalue weighted by Crippen LogP contribution is -2.19. The van der Waals surface area contributed by atoms with Gasteiger partial charge in [-0.15, -0.1) is 0 Å². The quantitative estimate of drug-likeness (QED) is 0.842. The van der Waals surface area contributed by atoms with Gasteiger partial charge in [-0.25, -0.2) is 4.79 Å². The molecule has 2 N–H and O–H groups in total. The standard InChI is InChI=1S/C17H23NO4/c1-5-17(4)9-12(17)15(19)18-13-8-11(16(20)21)6-7-14(13)22-10(2)3/h6-8,10,12H,5,9H2,1-4H3,(H,18,19)(H,20,21). The minimum atomic E-state index is -1.03. The minimum Gasteiger partial charge on any atom is -0.489 e. The molecule has 0 radical (unpaired) electrons. The first kappa shape index (κ1) is 16.3. The molecular formula is C17H23NO4. The van der Waals surface area contributed by atoms with E-state index in [2.05, 4.69) is 19.2 Å². The van der Waals surface area contributed by atoms with Crippen LogP contribution in [0.15, 0.2) is 18.2 Å². The Morgan fingerprint density at radius 3 is 2.64 bits per heavy atom. The second kappa shape index (κ2) is 5.99. The molecule has 2 unspecified atom stereocenters. The molecule has 1 saturated carbocycles. The Morgan fingerprint density at radius 1 is 1.45 bits per heavy atom. The summed E-state index contributed by atoms with van der Waals surface area (Å²) in [7, 11) is 0. The largest absolute Gasteiger partial charge is 0.489 e. The number of carbonyl (C=O) groups excluding carboxylic acids is 1. The molecule has 5 nitrogen and oxygen atoms in total. The second-order valence-electron chi connectivity index (χ2n) is 6.44. The summed E-state index contributed by atoms with van der Waals surface area (Å²) >= 11 is 0. The summed E-state index contributed by atoms with van der Waals surface area (Å²) in [6.07, 6.45) is 1.76. The lowest BCUT2D eigenvalue weighted by atomic mass is 10.0. The zero-order chi connectivity index (χ0) is 16.5. The van der Waals surface area contributed by atoms with Crippen molar-refractivity contribution < 1.29 is 19.4 Å². The predicted molar refractivity (Wildman–Crippen MR) is 84.3 cm³/mol. The van der Waals surface area contributed by atoms with Crippen LogP contribution < -0.4 is 10.1 Å². The molecule has 2 rings (SSSR count). The summed E-state index contributed by atoms with van der Waals surface area (Å²) in [4.78, 5) is 23.5. The van der Waals surface area contributed by atoms with Crippen molar-refractivity contribution in [3.63, 3.8) is 0 Å². The van der Waals surface area contributed by atoms with Crippen LogP contribution in [0.25, 0.3) is 0 Å². The highest BCUT2D eigenvalue weighted by molar-refractivity contribution is 5.98. The molecule has 0 aliphatic heterocycles. The molecule has 0 bridgehead atoms. The fraction of sp³-hybridized carbons (Fsp3) is 0.529. The Hall–Kier alpha value is -2.04.